The highest BCUT2D eigenvalue weighted by molar-refractivity contribution is 9.10. The van der Waals surface area contributed by atoms with Crippen LogP contribution in [0.5, 0.6) is 0 Å². The zero-order valence-electron chi connectivity index (χ0n) is 26.6. The Morgan fingerprint density at radius 3 is 2.61 bits per heavy atom. The Balaban J connectivity index is 0.997. The molecule has 0 aliphatic carbocycles. The van der Waals surface area contributed by atoms with Crippen molar-refractivity contribution in [1.82, 2.24) is 34.4 Å². The molecule has 0 bridgehead atoms. The van der Waals surface area contributed by atoms with Crippen LogP contribution in [0.4, 0.5) is 0 Å². The number of aromatic nitrogens is 4. The number of halogens is 1. The summed E-state index contributed by atoms with van der Waals surface area (Å²) in [6, 6.07) is 10.3. The van der Waals surface area contributed by atoms with Crippen molar-refractivity contribution in [2.24, 2.45) is 0 Å². The highest BCUT2D eigenvalue weighted by Gasteiger charge is 2.29. The van der Waals surface area contributed by atoms with E-state index >= 15 is 0 Å². The summed E-state index contributed by atoms with van der Waals surface area (Å²) in [5, 5.41) is 17.6. The molecular formula is C35H44BrN7O3. The van der Waals surface area contributed by atoms with Crippen LogP contribution in [0.2, 0.25) is 0 Å². The number of carbonyl (C=O) groups excluding carboxylic acids is 1. The summed E-state index contributed by atoms with van der Waals surface area (Å²) in [5.74, 6) is 0.556. The lowest BCUT2D eigenvalue weighted by Crippen LogP contribution is -2.40. The maximum absolute atomic E-state index is 12.2. The number of hydrogen-bond donors (Lipinski definition) is 2. The Morgan fingerprint density at radius 1 is 1.07 bits per heavy atom. The van der Waals surface area contributed by atoms with Gasteiger partial charge in [0.15, 0.2) is 0 Å². The van der Waals surface area contributed by atoms with E-state index in [-0.39, 0.29) is 5.91 Å². The molecule has 11 heteroatoms. The second kappa shape index (κ2) is 13.9. The van der Waals surface area contributed by atoms with Crippen molar-refractivity contribution in [3.8, 4) is 11.3 Å². The van der Waals surface area contributed by atoms with Gasteiger partial charge in [-0.15, -0.1) is 0 Å². The van der Waals surface area contributed by atoms with Gasteiger partial charge in [-0.2, -0.15) is 5.10 Å². The molecule has 10 nitrogen and oxygen atoms in total. The van der Waals surface area contributed by atoms with Crippen LogP contribution in [0.3, 0.4) is 0 Å². The normalized spacial score (nSPS) is 19.1. The third-order valence-electron chi connectivity index (χ3n) is 10.1. The van der Waals surface area contributed by atoms with Crippen molar-refractivity contribution >= 4 is 32.9 Å². The van der Waals surface area contributed by atoms with Gasteiger partial charge in [-0.25, -0.2) is 4.98 Å². The van der Waals surface area contributed by atoms with Crippen LogP contribution in [-0.2, 0) is 35.5 Å². The summed E-state index contributed by atoms with van der Waals surface area (Å²) in [6.07, 6.45) is 7.45. The van der Waals surface area contributed by atoms with Crippen LogP contribution < -0.4 is 0 Å². The number of piperidine rings is 1. The molecule has 0 radical (unpaired) electrons. The number of H-pyrrole nitrogens is 1. The zero-order chi connectivity index (χ0) is 31.6. The molecule has 244 valence electrons. The molecule has 6 heterocycles. The monoisotopic (exact) mass is 689 g/mol. The third-order valence-corrected chi connectivity index (χ3v) is 10.6. The highest BCUT2D eigenvalue weighted by atomic mass is 79.9. The lowest BCUT2D eigenvalue weighted by Gasteiger charge is -2.33. The lowest BCUT2D eigenvalue weighted by molar-refractivity contribution is -0.129. The maximum atomic E-state index is 12.2. The van der Waals surface area contributed by atoms with Crippen molar-refractivity contribution in [2.45, 2.75) is 57.7 Å². The molecule has 3 aliphatic heterocycles. The zero-order valence-corrected chi connectivity index (χ0v) is 28.2. The first-order chi connectivity index (χ1) is 22.4. The van der Waals surface area contributed by atoms with Gasteiger partial charge >= 0.3 is 0 Å². The van der Waals surface area contributed by atoms with E-state index in [0.29, 0.717) is 32.1 Å². The summed E-state index contributed by atoms with van der Waals surface area (Å²) in [5.41, 5.74) is 7.91. The Kier molecular flexibility index (Phi) is 9.55. The number of aliphatic hydroxyl groups is 1. The Hall–Kier alpha value is -3.09. The number of rotatable bonds is 9. The van der Waals surface area contributed by atoms with Gasteiger partial charge in [0.2, 0.25) is 5.91 Å². The van der Waals surface area contributed by atoms with E-state index in [0.717, 1.165) is 104 Å². The van der Waals surface area contributed by atoms with Gasteiger partial charge in [-0.3, -0.25) is 14.4 Å². The molecule has 46 heavy (non-hydrogen) atoms. The van der Waals surface area contributed by atoms with Gasteiger partial charge in [0, 0.05) is 91.7 Å². The van der Waals surface area contributed by atoms with E-state index in [1.54, 1.807) is 6.92 Å². The number of aromatic amines is 1. The van der Waals surface area contributed by atoms with Gasteiger partial charge in [0.1, 0.15) is 5.65 Å². The van der Waals surface area contributed by atoms with Crippen LogP contribution in [0, 0.1) is 0 Å². The first-order valence-electron chi connectivity index (χ1n) is 16.7. The number of pyridine rings is 1. The standard InChI is InChI=1S/C35H44BrN7O3/c1-24(44)42-15-10-32-31(23-42)34(27-2-4-28(36)5-3-27)39-43(32)22-29(45)21-41-13-7-25(8-14-41)30-20-38-35-33(30)26(6-11-37-35)9-12-40-16-18-46-19-17-40/h2-6,11,20,25,29,45H,7-10,12-19,21-23H2,1H3,(H,37,38). The number of hydrogen-bond acceptors (Lipinski definition) is 7. The summed E-state index contributed by atoms with van der Waals surface area (Å²) in [6.45, 7) is 10.5. The molecule has 2 N–H and O–H groups in total. The molecular weight excluding hydrogens is 646 g/mol. The number of fused-ring (bicyclic) bond motifs is 2. The minimum Gasteiger partial charge on any atom is -0.390 e. The molecule has 1 unspecified atom stereocenters. The van der Waals surface area contributed by atoms with Crippen molar-refractivity contribution in [3.05, 3.63) is 69.6 Å². The van der Waals surface area contributed by atoms with Crippen molar-refractivity contribution in [2.75, 3.05) is 59.0 Å². The average Bonchev–Trinajstić information content (AvgIpc) is 3.67. The topological polar surface area (TPSA) is 103 Å². The molecule has 0 saturated carbocycles. The van der Waals surface area contributed by atoms with E-state index in [1.807, 2.05) is 27.9 Å². The molecule has 1 aromatic carbocycles. The largest absolute Gasteiger partial charge is 0.390 e. The number of likely N-dealkylation sites (tertiary alicyclic amines) is 1. The molecule has 3 aliphatic rings. The quantitative estimate of drug-likeness (QED) is 0.272. The summed E-state index contributed by atoms with van der Waals surface area (Å²) in [4.78, 5) is 27.1. The van der Waals surface area contributed by atoms with Crippen molar-refractivity contribution in [3.63, 3.8) is 0 Å². The second-order valence-corrected chi connectivity index (χ2v) is 13.9. The fraction of sp³-hybridized carbons (Fsp3) is 0.514. The van der Waals surface area contributed by atoms with E-state index < -0.39 is 6.10 Å². The van der Waals surface area contributed by atoms with Crippen LogP contribution >= 0.6 is 15.9 Å². The smallest absolute Gasteiger partial charge is 0.219 e. The van der Waals surface area contributed by atoms with Crippen LogP contribution in [0.25, 0.3) is 22.3 Å². The number of benzene rings is 1. The van der Waals surface area contributed by atoms with Crippen LogP contribution in [0.15, 0.2) is 47.2 Å². The first kappa shape index (κ1) is 31.5. The predicted octanol–water partition coefficient (Wildman–Crippen LogP) is 4.21. The number of amides is 1. The Labute approximate surface area is 278 Å². The summed E-state index contributed by atoms with van der Waals surface area (Å²) >= 11 is 3.53. The van der Waals surface area contributed by atoms with E-state index in [1.165, 1.54) is 16.5 Å². The Morgan fingerprint density at radius 2 is 1.85 bits per heavy atom. The summed E-state index contributed by atoms with van der Waals surface area (Å²) < 4.78 is 8.54. The second-order valence-electron chi connectivity index (χ2n) is 13.0. The van der Waals surface area contributed by atoms with Gasteiger partial charge in [-0.1, -0.05) is 28.1 Å². The minimum absolute atomic E-state index is 0.0803. The first-order valence-corrected chi connectivity index (χ1v) is 17.5. The molecule has 1 amide bonds. The molecule has 4 aromatic rings. The van der Waals surface area contributed by atoms with Crippen molar-refractivity contribution in [1.29, 1.82) is 0 Å². The number of carbonyl (C=O) groups is 1. The number of ether oxygens (including phenoxy) is 1. The molecule has 2 fully saturated rings. The van der Waals surface area contributed by atoms with E-state index in [2.05, 4.69) is 60.1 Å². The average molecular weight is 691 g/mol. The fourth-order valence-electron chi connectivity index (χ4n) is 7.52. The Bertz CT molecular complexity index is 1650. The molecule has 1 atom stereocenters. The number of morpholine rings is 1. The number of nitrogens with one attached hydrogen (secondary N) is 1. The van der Waals surface area contributed by atoms with E-state index in [9.17, 15) is 9.90 Å². The molecule has 0 spiro atoms. The molecule has 2 saturated heterocycles. The number of β-amino-alcohol motifs (C(OH)–C–C–N with tert-alkyl or cyclic N) is 1. The highest BCUT2D eigenvalue weighted by Crippen LogP contribution is 2.35. The number of nitrogens with zero attached hydrogens (tertiary/aromatic N) is 6. The maximum Gasteiger partial charge on any atom is 0.219 e. The predicted molar refractivity (Wildman–Crippen MR) is 182 cm³/mol. The van der Waals surface area contributed by atoms with Crippen LogP contribution in [-0.4, -0.2) is 111 Å². The van der Waals surface area contributed by atoms with E-state index in [4.69, 9.17) is 9.84 Å². The van der Waals surface area contributed by atoms with Crippen LogP contribution in [0.1, 0.15) is 48.1 Å². The van der Waals surface area contributed by atoms with Gasteiger partial charge in [0.05, 0.1) is 31.6 Å². The number of aliphatic hydroxyl groups excluding tert-OH is 1. The van der Waals surface area contributed by atoms with Crippen molar-refractivity contribution < 1.29 is 14.6 Å². The SMILES string of the molecule is CC(=O)N1CCc2c(c(-c3ccc(Br)cc3)nn2CC(O)CN2CCC(c3c[nH]c4nccc(CCN5CCOCC5)c34)CC2)C1. The third kappa shape index (κ3) is 6.80. The van der Waals surface area contributed by atoms with Gasteiger partial charge in [-0.05, 0) is 67.6 Å². The van der Waals surface area contributed by atoms with Gasteiger partial charge < -0.3 is 24.6 Å². The molecule has 3 aromatic heterocycles. The minimum atomic E-state index is -0.534. The fourth-order valence-corrected chi connectivity index (χ4v) is 7.78. The lowest BCUT2D eigenvalue weighted by atomic mass is 9.88. The summed E-state index contributed by atoms with van der Waals surface area (Å²) in [7, 11) is 0. The molecule has 7 rings (SSSR count). The van der Waals surface area contributed by atoms with Gasteiger partial charge in [0.25, 0.3) is 0 Å².